The summed E-state index contributed by atoms with van der Waals surface area (Å²) < 4.78 is 6.18. The van der Waals surface area contributed by atoms with Crippen molar-refractivity contribution in [3.63, 3.8) is 0 Å². The highest BCUT2D eigenvalue weighted by atomic mass is 79.9. The predicted molar refractivity (Wildman–Crippen MR) is 87.4 cm³/mol. The lowest BCUT2D eigenvalue weighted by atomic mass is 10.0. The van der Waals surface area contributed by atoms with Crippen molar-refractivity contribution >= 4 is 27.5 Å². The highest BCUT2D eigenvalue weighted by molar-refractivity contribution is 9.10. The molecule has 0 saturated carbocycles. The van der Waals surface area contributed by atoms with Gasteiger partial charge in [0.15, 0.2) is 0 Å². The molecule has 0 heterocycles. The summed E-state index contributed by atoms with van der Waals surface area (Å²) in [5, 5.41) is 3.15. The van der Waals surface area contributed by atoms with Crippen LogP contribution >= 0.6 is 15.9 Å². The van der Waals surface area contributed by atoms with Crippen LogP contribution in [0, 0.1) is 6.92 Å². The van der Waals surface area contributed by atoms with Crippen LogP contribution in [0.15, 0.2) is 46.9 Å². The summed E-state index contributed by atoms with van der Waals surface area (Å²) in [6, 6.07) is 12.6. The molecule has 0 bridgehead atoms. The third kappa shape index (κ3) is 3.76. The molecular weight excluding hydrogens is 332 g/mol. The van der Waals surface area contributed by atoms with Crippen LogP contribution in [0.5, 0.6) is 5.75 Å². The molecule has 1 unspecified atom stereocenters. The molecule has 0 saturated heterocycles. The van der Waals surface area contributed by atoms with Crippen LogP contribution in [0.2, 0.25) is 0 Å². The van der Waals surface area contributed by atoms with Crippen LogP contribution in [0.3, 0.4) is 0 Å². The Hall–Kier alpha value is -2.01. The van der Waals surface area contributed by atoms with E-state index in [1.54, 1.807) is 13.2 Å². The minimum Gasteiger partial charge on any atom is -0.496 e. The van der Waals surface area contributed by atoms with Gasteiger partial charge in [-0.25, -0.2) is 0 Å². The van der Waals surface area contributed by atoms with Gasteiger partial charge in [0.2, 0.25) is 5.91 Å². The minimum atomic E-state index is -0.667. The summed E-state index contributed by atoms with van der Waals surface area (Å²) >= 11 is 3.40. The minimum absolute atomic E-state index is 0.466. The number of ether oxygens (including phenoxy) is 1. The van der Waals surface area contributed by atoms with Gasteiger partial charge in [0.05, 0.1) is 7.11 Å². The fourth-order valence-corrected chi connectivity index (χ4v) is 2.43. The molecule has 0 aliphatic rings. The average molecular weight is 349 g/mol. The number of hydrogen-bond acceptors (Lipinski definition) is 3. The topological polar surface area (TPSA) is 64.3 Å². The van der Waals surface area contributed by atoms with Crippen molar-refractivity contribution in [2.45, 2.75) is 13.0 Å². The molecule has 2 aromatic carbocycles. The van der Waals surface area contributed by atoms with Crippen LogP contribution in [0.25, 0.3) is 0 Å². The van der Waals surface area contributed by atoms with Gasteiger partial charge in [0.1, 0.15) is 11.8 Å². The lowest BCUT2D eigenvalue weighted by Crippen LogP contribution is -2.28. The molecule has 1 atom stereocenters. The van der Waals surface area contributed by atoms with Crippen molar-refractivity contribution in [2.75, 3.05) is 12.4 Å². The summed E-state index contributed by atoms with van der Waals surface area (Å²) in [6.45, 7) is 2.01. The van der Waals surface area contributed by atoms with Crippen LogP contribution in [0.4, 0.5) is 5.69 Å². The summed E-state index contributed by atoms with van der Waals surface area (Å²) in [5.41, 5.74) is 8.22. The number of nitrogens with two attached hydrogens (primary N) is 1. The number of hydrogen-bond donors (Lipinski definition) is 2. The number of benzene rings is 2. The maximum Gasteiger partial charge on any atom is 0.244 e. The first-order valence-corrected chi connectivity index (χ1v) is 7.26. The number of carbonyl (C=O) groups excluding carboxylic acids is 1. The van der Waals surface area contributed by atoms with E-state index in [-0.39, 0.29) is 0 Å². The van der Waals surface area contributed by atoms with Gasteiger partial charge in [-0.05, 0) is 37.3 Å². The highest BCUT2D eigenvalue weighted by Gasteiger charge is 2.22. The Morgan fingerprint density at radius 2 is 1.90 bits per heavy atom. The Bertz CT molecular complexity index is 641. The molecule has 0 aromatic heterocycles. The van der Waals surface area contributed by atoms with Crippen molar-refractivity contribution in [1.29, 1.82) is 0 Å². The number of rotatable bonds is 5. The molecule has 1 amide bonds. The molecule has 2 rings (SSSR count). The second kappa shape index (κ2) is 6.63. The van der Waals surface area contributed by atoms with Crippen molar-refractivity contribution in [3.05, 3.63) is 58.1 Å². The van der Waals surface area contributed by atoms with Crippen molar-refractivity contribution in [3.8, 4) is 5.75 Å². The zero-order valence-electron chi connectivity index (χ0n) is 11.9. The summed E-state index contributed by atoms with van der Waals surface area (Å²) in [7, 11) is 1.57. The van der Waals surface area contributed by atoms with E-state index >= 15 is 0 Å². The zero-order chi connectivity index (χ0) is 15.4. The number of anilines is 1. The molecule has 0 spiro atoms. The summed E-state index contributed by atoms with van der Waals surface area (Å²) in [6.07, 6.45) is 0. The fraction of sp³-hybridized carbons (Fsp3) is 0.188. The number of halogens is 1. The first kappa shape index (κ1) is 15.4. The molecule has 0 aliphatic heterocycles. The van der Waals surface area contributed by atoms with E-state index < -0.39 is 11.9 Å². The number of primary amides is 1. The van der Waals surface area contributed by atoms with Crippen LogP contribution < -0.4 is 15.8 Å². The summed E-state index contributed by atoms with van der Waals surface area (Å²) in [5.74, 6) is 0.147. The van der Waals surface area contributed by atoms with E-state index in [1.165, 1.54) is 0 Å². The lowest BCUT2D eigenvalue weighted by Gasteiger charge is -2.20. The fourth-order valence-electron chi connectivity index (χ4n) is 2.05. The largest absolute Gasteiger partial charge is 0.496 e. The van der Waals surface area contributed by atoms with Gasteiger partial charge < -0.3 is 15.8 Å². The summed E-state index contributed by atoms with van der Waals surface area (Å²) in [4.78, 5) is 11.8. The van der Waals surface area contributed by atoms with Gasteiger partial charge in [-0.15, -0.1) is 0 Å². The van der Waals surface area contributed by atoms with Crippen LogP contribution in [-0.2, 0) is 4.79 Å². The Morgan fingerprint density at radius 1 is 1.24 bits per heavy atom. The maximum atomic E-state index is 11.8. The highest BCUT2D eigenvalue weighted by Crippen LogP contribution is 2.30. The normalized spacial score (nSPS) is 11.8. The van der Waals surface area contributed by atoms with Gasteiger partial charge >= 0.3 is 0 Å². The molecule has 4 nitrogen and oxygen atoms in total. The van der Waals surface area contributed by atoms with E-state index in [1.807, 2.05) is 43.3 Å². The second-order valence-corrected chi connectivity index (χ2v) is 5.65. The van der Waals surface area contributed by atoms with E-state index in [2.05, 4.69) is 21.2 Å². The Labute approximate surface area is 132 Å². The molecular formula is C16H17BrN2O2. The molecule has 5 heteroatoms. The third-order valence-corrected chi connectivity index (χ3v) is 3.64. The first-order chi connectivity index (χ1) is 10.0. The Kier molecular flexibility index (Phi) is 4.85. The van der Waals surface area contributed by atoms with Gasteiger partial charge in [-0.1, -0.05) is 33.6 Å². The van der Waals surface area contributed by atoms with E-state index in [9.17, 15) is 4.79 Å². The Morgan fingerprint density at radius 3 is 2.48 bits per heavy atom. The monoisotopic (exact) mass is 348 g/mol. The number of aryl methyl sites for hydroxylation is 1. The molecule has 110 valence electrons. The zero-order valence-corrected chi connectivity index (χ0v) is 13.5. The molecule has 3 N–H and O–H groups in total. The molecule has 21 heavy (non-hydrogen) atoms. The molecule has 0 radical (unpaired) electrons. The Balaban J connectivity index is 2.37. The van der Waals surface area contributed by atoms with Crippen molar-refractivity contribution < 1.29 is 9.53 Å². The van der Waals surface area contributed by atoms with Crippen molar-refractivity contribution in [1.82, 2.24) is 0 Å². The average Bonchev–Trinajstić information content (AvgIpc) is 2.46. The maximum absolute atomic E-state index is 11.8. The van der Waals surface area contributed by atoms with E-state index in [0.29, 0.717) is 11.3 Å². The third-order valence-electron chi connectivity index (χ3n) is 3.15. The van der Waals surface area contributed by atoms with Crippen molar-refractivity contribution in [2.24, 2.45) is 5.73 Å². The molecule has 0 fully saturated rings. The standard InChI is InChI=1S/C16H17BrN2O2/c1-10-3-6-12(7-4-10)19-15(16(18)20)13-9-11(17)5-8-14(13)21-2/h3-9,15,19H,1-2H3,(H2,18,20). The number of amides is 1. The quantitative estimate of drug-likeness (QED) is 0.870. The van der Waals surface area contributed by atoms with Crippen LogP contribution in [0.1, 0.15) is 17.2 Å². The van der Waals surface area contributed by atoms with Gasteiger partial charge in [-0.3, -0.25) is 4.79 Å². The SMILES string of the molecule is COc1ccc(Br)cc1C(Nc1ccc(C)cc1)C(N)=O. The number of methoxy groups -OCH3 is 1. The number of carbonyl (C=O) groups is 1. The van der Waals surface area contributed by atoms with Crippen LogP contribution in [-0.4, -0.2) is 13.0 Å². The van der Waals surface area contributed by atoms with Gasteiger partial charge in [0, 0.05) is 15.7 Å². The van der Waals surface area contributed by atoms with E-state index in [0.717, 1.165) is 15.7 Å². The predicted octanol–water partition coefficient (Wildman–Crippen LogP) is 3.40. The van der Waals surface area contributed by atoms with Gasteiger partial charge in [0.25, 0.3) is 0 Å². The smallest absolute Gasteiger partial charge is 0.244 e. The first-order valence-electron chi connectivity index (χ1n) is 6.47. The number of nitrogens with one attached hydrogen (secondary N) is 1. The van der Waals surface area contributed by atoms with E-state index in [4.69, 9.17) is 10.5 Å². The molecule has 0 aliphatic carbocycles. The molecule has 2 aromatic rings. The van der Waals surface area contributed by atoms with Gasteiger partial charge in [-0.2, -0.15) is 0 Å². The second-order valence-electron chi connectivity index (χ2n) is 4.73. The lowest BCUT2D eigenvalue weighted by molar-refractivity contribution is -0.118.